The number of nitrogens with one attached hydrogen (secondary N) is 1. The van der Waals surface area contributed by atoms with Crippen LogP contribution in [-0.4, -0.2) is 80.3 Å². The van der Waals surface area contributed by atoms with Crippen molar-refractivity contribution in [2.75, 3.05) is 46.4 Å². The molecule has 0 bridgehead atoms. The molecule has 2 heterocycles. The molecule has 3 aliphatic rings. The predicted molar refractivity (Wildman–Crippen MR) is 137 cm³/mol. The number of halogens is 1. The van der Waals surface area contributed by atoms with Gasteiger partial charge in [-0.05, 0) is 62.6 Å². The molecule has 1 atom stereocenters. The minimum atomic E-state index is -0.223. The molecule has 2 saturated heterocycles. The third-order valence-electron chi connectivity index (χ3n) is 6.53. The van der Waals surface area contributed by atoms with Gasteiger partial charge in [-0.1, -0.05) is 12.1 Å². The maximum atomic E-state index is 12.5. The minimum Gasteiger partial charge on any atom is -0.490 e. The lowest BCUT2D eigenvalue weighted by atomic mass is 10.1. The SMILES string of the molecule is CN=C(NCCc1ccc(OC2CCCC2)cc1)N1CCN(C(=O)C2CCCO2)CC1.I. The highest BCUT2D eigenvalue weighted by Gasteiger charge is 2.30. The van der Waals surface area contributed by atoms with E-state index in [-0.39, 0.29) is 36.0 Å². The van der Waals surface area contributed by atoms with Gasteiger partial charge >= 0.3 is 0 Å². The molecule has 1 unspecified atom stereocenters. The number of carbonyl (C=O) groups is 1. The molecule has 0 aromatic heterocycles. The number of ether oxygens (including phenoxy) is 2. The van der Waals surface area contributed by atoms with Gasteiger partial charge in [-0.3, -0.25) is 9.79 Å². The number of carbonyl (C=O) groups excluding carboxylic acids is 1. The van der Waals surface area contributed by atoms with E-state index in [0.29, 0.717) is 12.7 Å². The van der Waals surface area contributed by atoms with Crippen LogP contribution >= 0.6 is 24.0 Å². The van der Waals surface area contributed by atoms with E-state index in [1.807, 2.05) is 11.9 Å². The van der Waals surface area contributed by atoms with Crippen LogP contribution in [0.3, 0.4) is 0 Å². The first kappa shape index (κ1) is 25.1. The van der Waals surface area contributed by atoms with Gasteiger partial charge in [0.15, 0.2) is 5.96 Å². The fraction of sp³-hybridized carbons (Fsp3) is 0.667. The molecule has 1 amide bonds. The summed E-state index contributed by atoms with van der Waals surface area (Å²) in [6, 6.07) is 8.49. The number of aliphatic imine (C=N–C) groups is 1. The van der Waals surface area contributed by atoms with Crippen molar-refractivity contribution in [3.05, 3.63) is 29.8 Å². The zero-order chi connectivity index (χ0) is 21.5. The van der Waals surface area contributed by atoms with Gasteiger partial charge < -0.3 is 24.6 Å². The normalized spacial score (nSPS) is 22.0. The predicted octanol–water partition coefficient (Wildman–Crippen LogP) is 3.07. The Labute approximate surface area is 208 Å². The van der Waals surface area contributed by atoms with Crippen LogP contribution < -0.4 is 10.1 Å². The molecule has 32 heavy (non-hydrogen) atoms. The van der Waals surface area contributed by atoms with Crippen molar-refractivity contribution >= 4 is 35.8 Å². The third-order valence-corrected chi connectivity index (χ3v) is 6.53. The van der Waals surface area contributed by atoms with Crippen LogP contribution in [-0.2, 0) is 16.0 Å². The van der Waals surface area contributed by atoms with Crippen LogP contribution in [0, 0.1) is 0 Å². The summed E-state index contributed by atoms with van der Waals surface area (Å²) < 4.78 is 11.6. The zero-order valence-electron chi connectivity index (χ0n) is 19.1. The fourth-order valence-electron chi connectivity index (χ4n) is 4.70. The summed E-state index contributed by atoms with van der Waals surface area (Å²) in [5.41, 5.74) is 1.29. The van der Waals surface area contributed by atoms with Gasteiger partial charge in [0.05, 0.1) is 6.10 Å². The lowest BCUT2D eigenvalue weighted by Gasteiger charge is -2.37. The standard InChI is InChI=1S/C24H36N4O3.HI/c1-25-24(28-16-14-27(15-17-28)23(29)22-7-4-18-30-22)26-13-12-19-8-10-21(11-9-19)31-20-5-2-3-6-20;/h8-11,20,22H,2-7,12-18H2,1H3,(H,25,26);1H. The molecule has 1 N–H and O–H groups in total. The minimum absolute atomic E-state index is 0. The average molecular weight is 556 g/mol. The lowest BCUT2D eigenvalue weighted by molar-refractivity contribution is -0.142. The first-order chi connectivity index (χ1) is 15.2. The summed E-state index contributed by atoms with van der Waals surface area (Å²) in [5.74, 6) is 2.04. The first-order valence-corrected chi connectivity index (χ1v) is 11.8. The summed E-state index contributed by atoms with van der Waals surface area (Å²) in [6.45, 7) is 4.58. The molecule has 8 heteroatoms. The van der Waals surface area contributed by atoms with Crippen molar-refractivity contribution < 1.29 is 14.3 Å². The Balaban J connectivity index is 0.00000289. The Morgan fingerprint density at radius 3 is 2.38 bits per heavy atom. The van der Waals surface area contributed by atoms with Crippen molar-refractivity contribution in [3.8, 4) is 5.75 Å². The highest BCUT2D eigenvalue weighted by molar-refractivity contribution is 14.0. The van der Waals surface area contributed by atoms with Crippen LogP contribution in [0.2, 0.25) is 0 Å². The maximum absolute atomic E-state index is 12.5. The largest absolute Gasteiger partial charge is 0.490 e. The first-order valence-electron chi connectivity index (χ1n) is 11.8. The van der Waals surface area contributed by atoms with Crippen molar-refractivity contribution in [1.82, 2.24) is 15.1 Å². The highest BCUT2D eigenvalue weighted by atomic mass is 127. The highest BCUT2D eigenvalue weighted by Crippen LogP contribution is 2.24. The van der Waals surface area contributed by atoms with E-state index >= 15 is 0 Å². The molecule has 3 fully saturated rings. The van der Waals surface area contributed by atoms with E-state index in [4.69, 9.17) is 9.47 Å². The van der Waals surface area contributed by atoms with Crippen molar-refractivity contribution in [2.24, 2.45) is 4.99 Å². The van der Waals surface area contributed by atoms with E-state index < -0.39 is 0 Å². The molecule has 178 valence electrons. The number of nitrogens with zero attached hydrogens (tertiary/aromatic N) is 3. The van der Waals surface area contributed by atoms with Crippen LogP contribution in [0.4, 0.5) is 0 Å². The summed E-state index contributed by atoms with van der Waals surface area (Å²) in [6.07, 6.45) is 7.89. The zero-order valence-corrected chi connectivity index (χ0v) is 21.5. The van der Waals surface area contributed by atoms with Crippen molar-refractivity contribution in [1.29, 1.82) is 0 Å². The van der Waals surface area contributed by atoms with Gasteiger partial charge in [0.2, 0.25) is 0 Å². The van der Waals surface area contributed by atoms with Crippen molar-refractivity contribution in [2.45, 2.75) is 57.2 Å². The second-order valence-corrected chi connectivity index (χ2v) is 8.71. The summed E-state index contributed by atoms with van der Waals surface area (Å²) >= 11 is 0. The Morgan fingerprint density at radius 2 is 1.75 bits per heavy atom. The van der Waals surface area contributed by atoms with Crippen LogP contribution in [0.15, 0.2) is 29.3 Å². The Morgan fingerprint density at radius 1 is 1.06 bits per heavy atom. The second-order valence-electron chi connectivity index (χ2n) is 8.71. The van der Waals surface area contributed by atoms with Gasteiger partial charge in [0, 0.05) is 46.4 Å². The van der Waals surface area contributed by atoms with E-state index in [0.717, 1.165) is 63.7 Å². The molecule has 0 spiro atoms. The summed E-state index contributed by atoms with van der Waals surface area (Å²) in [4.78, 5) is 21.1. The quantitative estimate of drug-likeness (QED) is 0.332. The van der Waals surface area contributed by atoms with Gasteiger partial charge in [0.1, 0.15) is 11.9 Å². The molecule has 1 aromatic carbocycles. The number of amides is 1. The number of piperazine rings is 1. The lowest BCUT2D eigenvalue weighted by Crippen LogP contribution is -2.55. The smallest absolute Gasteiger partial charge is 0.251 e. The average Bonchev–Trinajstić information content (AvgIpc) is 3.52. The Kier molecular flexibility index (Phi) is 9.90. The number of rotatable bonds is 6. The molecule has 1 saturated carbocycles. The van der Waals surface area contributed by atoms with E-state index in [2.05, 4.69) is 39.5 Å². The number of benzene rings is 1. The van der Waals surface area contributed by atoms with Crippen LogP contribution in [0.5, 0.6) is 5.75 Å². The maximum Gasteiger partial charge on any atom is 0.251 e. The van der Waals surface area contributed by atoms with Gasteiger partial charge in [-0.2, -0.15) is 0 Å². The van der Waals surface area contributed by atoms with Crippen LogP contribution in [0.1, 0.15) is 44.1 Å². The second kappa shape index (κ2) is 12.6. The molecule has 4 rings (SSSR count). The Bertz CT molecular complexity index is 738. The van der Waals surface area contributed by atoms with E-state index in [1.54, 1.807) is 0 Å². The number of guanidine groups is 1. The van der Waals surface area contributed by atoms with Gasteiger partial charge in [-0.15, -0.1) is 24.0 Å². The molecule has 1 aromatic rings. The molecule has 0 radical (unpaired) electrons. The summed E-state index contributed by atoms with van der Waals surface area (Å²) in [5, 5.41) is 3.48. The number of hydrogen-bond donors (Lipinski definition) is 1. The van der Waals surface area contributed by atoms with Crippen LogP contribution in [0.25, 0.3) is 0 Å². The number of hydrogen-bond acceptors (Lipinski definition) is 4. The van der Waals surface area contributed by atoms with Gasteiger partial charge in [-0.25, -0.2) is 0 Å². The van der Waals surface area contributed by atoms with E-state index in [1.165, 1.54) is 31.2 Å². The molecule has 2 aliphatic heterocycles. The fourth-order valence-corrected chi connectivity index (χ4v) is 4.70. The molecule has 1 aliphatic carbocycles. The Hall–Kier alpha value is -1.55. The molecular formula is C24H37IN4O3. The van der Waals surface area contributed by atoms with Crippen molar-refractivity contribution in [3.63, 3.8) is 0 Å². The third kappa shape index (κ3) is 6.73. The van der Waals surface area contributed by atoms with Gasteiger partial charge in [0.25, 0.3) is 5.91 Å². The monoisotopic (exact) mass is 556 g/mol. The molecular weight excluding hydrogens is 519 g/mol. The topological polar surface area (TPSA) is 66.4 Å². The summed E-state index contributed by atoms with van der Waals surface area (Å²) in [7, 11) is 1.82. The van der Waals surface area contributed by atoms with E-state index in [9.17, 15) is 4.79 Å². The molecule has 7 nitrogen and oxygen atoms in total.